The van der Waals surface area contributed by atoms with Crippen LogP contribution in [0.2, 0.25) is 0 Å². The van der Waals surface area contributed by atoms with Crippen molar-refractivity contribution < 1.29 is 4.74 Å². The van der Waals surface area contributed by atoms with Crippen LogP contribution in [0.25, 0.3) is 0 Å². The number of hydrogen-bond donors (Lipinski definition) is 0. The zero-order chi connectivity index (χ0) is 12.1. The fourth-order valence-corrected chi connectivity index (χ4v) is 2.47. The van der Waals surface area contributed by atoms with Gasteiger partial charge in [-0.15, -0.1) is 0 Å². The molecular weight excluding hydrogens is 198 g/mol. The van der Waals surface area contributed by atoms with Crippen molar-refractivity contribution in [3.05, 3.63) is 0 Å². The van der Waals surface area contributed by atoms with E-state index in [0.717, 1.165) is 25.7 Å². The van der Waals surface area contributed by atoms with E-state index in [1.54, 1.807) is 7.11 Å². The summed E-state index contributed by atoms with van der Waals surface area (Å²) in [5.41, 5.74) is -0.150. The van der Waals surface area contributed by atoms with Crippen LogP contribution >= 0.6 is 0 Å². The Hall–Kier alpha value is -0.550. The molecule has 16 heavy (non-hydrogen) atoms. The molecule has 0 saturated heterocycles. The van der Waals surface area contributed by atoms with Crippen LogP contribution in [0.1, 0.15) is 65.2 Å². The molecule has 1 fully saturated rings. The van der Waals surface area contributed by atoms with E-state index in [1.807, 2.05) is 0 Å². The smallest absolute Gasteiger partial charge is 0.0689 e. The minimum absolute atomic E-state index is 0.0632. The fourth-order valence-electron chi connectivity index (χ4n) is 2.47. The van der Waals surface area contributed by atoms with Crippen LogP contribution < -0.4 is 0 Å². The topological polar surface area (TPSA) is 33.0 Å². The molecule has 1 aliphatic carbocycles. The summed E-state index contributed by atoms with van der Waals surface area (Å²) >= 11 is 0. The average Bonchev–Trinajstić information content (AvgIpc) is 2.53. The van der Waals surface area contributed by atoms with Crippen molar-refractivity contribution in [2.75, 3.05) is 7.11 Å². The zero-order valence-corrected chi connectivity index (χ0v) is 11.0. The van der Waals surface area contributed by atoms with E-state index in [1.165, 1.54) is 25.7 Å². The quantitative estimate of drug-likeness (QED) is 0.673. The minimum atomic E-state index is -0.0871. The van der Waals surface area contributed by atoms with E-state index < -0.39 is 0 Å². The lowest BCUT2D eigenvalue weighted by Crippen LogP contribution is -2.27. The molecule has 0 aromatic rings. The molecule has 0 N–H and O–H groups in total. The van der Waals surface area contributed by atoms with E-state index >= 15 is 0 Å². The Morgan fingerprint density at radius 2 is 1.75 bits per heavy atom. The van der Waals surface area contributed by atoms with Crippen LogP contribution in [0.5, 0.6) is 0 Å². The highest BCUT2D eigenvalue weighted by molar-refractivity contribution is 5.00. The van der Waals surface area contributed by atoms with Crippen molar-refractivity contribution in [1.29, 1.82) is 5.26 Å². The van der Waals surface area contributed by atoms with E-state index in [2.05, 4.69) is 19.9 Å². The van der Waals surface area contributed by atoms with E-state index in [4.69, 9.17) is 4.74 Å². The SMILES string of the molecule is COC(C)(C)CCC1(C#N)CCCCCC1. The van der Waals surface area contributed by atoms with Gasteiger partial charge in [0, 0.05) is 7.11 Å². The molecule has 0 aromatic heterocycles. The Labute approximate surface area is 100.0 Å². The summed E-state index contributed by atoms with van der Waals surface area (Å²) in [5.74, 6) is 0. The van der Waals surface area contributed by atoms with Gasteiger partial charge in [-0.05, 0) is 39.5 Å². The Kier molecular flexibility index (Phi) is 4.80. The summed E-state index contributed by atoms with van der Waals surface area (Å²) in [4.78, 5) is 0. The Bertz CT molecular complexity index is 244. The second-order valence-electron chi connectivity index (χ2n) is 5.77. The van der Waals surface area contributed by atoms with Crippen molar-refractivity contribution in [3.63, 3.8) is 0 Å². The molecule has 0 aromatic carbocycles. The molecule has 0 atom stereocenters. The molecule has 0 radical (unpaired) electrons. The second-order valence-corrected chi connectivity index (χ2v) is 5.77. The first kappa shape index (κ1) is 13.5. The van der Waals surface area contributed by atoms with Gasteiger partial charge in [-0.3, -0.25) is 0 Å². The number of rotatable bonds is 4. The monoisotopic (exact) mass is 223 g/mol. The molecule has 1 aliphatic rings. The molecule has 92 valence electrons. The highest BCUT2D eigenvalue weighted by Gasteiger charge is 2.32. The van der Waals surface area contributed by atoms with Crippen molar-refractivity contribution >= 4 is 0 Å². The third kappa shape index (κ3) is 3.79. The standard InChI is InChI=1S/C14H25NO/c1-13(2,16-3)10-11-14(12-15)8-6-4-5-7-9-14/h4-11H2,1-3H3. The Balaban J connectivity index is 2.56. The van der Waals surface area contributed by atoms with Gasteiger partial charge in [-0.25, -0.2) is 0 Å². The van der Waals surface area contributed by atoms with Crippen LogP contribution in [0, 0.1) is 16.7 Å². The maximum atomic E-state index is 9.45. The lowest BCUT2D eigenvalue weighted by atomic mass is 9.76. The number of nitriles is 1. The van der Waals surface area contributed by atoms with Gasteiger partial charge in [0.1, 0.15) is 0 Å². The third-order valence-electron chi connectivity index (χ3n) is 4.06. The summed E-state index contributed by atoms with van der Waals surface area (Å²) in [6.45, 7) is 4.21. The molecule has 0 bridgehead atoms. The zero-order valence-electron chi connectivity index (χ0n) is 11.0. The first-order valence-corrected chi connectivity index (χ1v) is 6.50. The van der Waals surface area contributed by atoms with Crippen molar-refractivity contribution in [2.24, 2.45) is 5.41 Å². The molecule has 0 unspecified atom stereocenters. The molecule has 0 amide bonds. The number of nitrogens with zero attached hydrogens (tertiary/aromatic N) is 1. The summed E-state index contributed by atoms with van der Waals surface area (Å²) in [7, 11) is 1.76. The van der Waals surface area contributed by atoms with Crippen LogP contribution in [0.4, 0.5) is 0 Å². The van der Waals surface area contributed by atoms with E-state index in [-0.39, 0.29) is 11.0 Å². The predicted octanol–water partition coefficient (Wildman–Crippen LogP) is 4.06. The van der Waals surface area contributed by atoms with Crippen molar-refractivity contribution in [1.82, 2.24) is 0 Å². The molecule has 1 rings (SSSR count). The highest BCUT2D eigenvalue weighted by Crippen LogP contribution is 2.40. The summed E-state index contributed by atoms with van der Waals surface area (Å²) in [6, 6.07) is 2.60. The largest absolute Gasteiger partial charge is 0.379 e. The maximum absolute atomic E-state index is 9.45. The molecular formula is C14H25NO. The van der Waals surface area contributed by atoms with Gasteiger partial charge in [-0.2, -0.15) is 5.26 Å². The molecule has 0 aliphatic heterocycles. The Morgan fingerprint density at radius 3 is 2.19 bits per heavy atom. The van der Waals surface area contributed by atoms with Crippen LogP contribution in [0.15, 0.2) is 0 Å². The molecule has 2 heteroatoms. The molecule has 2 nitrogen and oxygen atoms in total. The first-order valence-electron chi connectivity index (χ1n) is 6.50. The summed E-state index contributed by atoms with van der Waals surface area (Å²) < 4.78 is 5.44. The molecule has 1 saturated carbocycles. The van der Waals surface area contributed by atoms with Crippen LogP contribution in [-0.4, -0.2) is 12.7 Å². The predicted molar refractivity (Wildman–Crippen MR) is 66.1 cm³/mol. The van der Waals surface area contributed by atoms with Gasteiger partial charge in [0.05, 0.1) is 17.1 Å². The highest BCUT2D eigenvalue weighted by atomic mass is 16.5. The van der Waals surface area contributed by atoms with Gasteiger partial charge in [0.2, 0.25) is 0 Å². The molecule has 0 spiro atoms. The summed E-state index contributed by atoms with van der Waals surface area (Å²) in [5, 5.41) is 9.45. The van der Waals surface area contributed by atoms with Gasteiger partial charge in [-0.1, -0.05) is 25.7 Å². The lowest BCUT2D eigenvalue weighted by molar-refractivity contribution is 0.00619. The van der Waals surface area contributed by atoms with Crippen LogP contribution in [0.3, 0.4) is 0 Å². The number of hydrogen-bond acceptors (Lipinski definition) is 2. The normalized spacial score (nSPS) is 21.1. The second kappa shape index (κ2) is 5.68. The fraction of sp³-hybridized carbons (Fsp3) is 0.929. The van der Waals surface area contributed by atoms with E-state index in [0.29, 0.717) is 0 Å². The first-order chi connectivity index (χ1) is 7.54. The number of ether oxygens (including phenoxy) is 1. The Morgan fingerprint density at radius 1 is 1.19 bits per heavy atom. The third-order valence-corrected chi connectivity index (χ3v) is 4.06. The van der Waals surface area contributed by atoms with Crippen molar-refractivity contribution in [3.8, 4) is 6.07 Å². The van der Waals surface area contributed by atoms with Gasteiger partial charge in [0.15, 0.2) is 0 Å². The maximum Gasteiger partial charge on any atom is 0.0689 e. The van der Waals surface area contributed by atoms with Crippen LogP contribution in [-0.2, 0) is 4.74 Å². The van der Waals surface area contributed by atoms with E-state index in [9.17, 15) is 5.26 Å². The number of methoxy groups -OCH3 is 1. The lowest BCUT2D eigenvalue weighted by Gasteiger charge is -2.30. The molecule has 0 heterocycles. The minimum Gasteiger partial charge on any atom is -0.379 e. The van der Waals surface area contributed by atoms with Gasteiger partial charge >= 0.3 is 0 Å². The summed E-state index contributed by atoms with van der Waals surface area (Å²) in [6.07, 6.45) is 9.20. The average molecular weight is 223 g/mol. The van der Waals surface area contributed by atoms with Gasteiger partial charge in [0.25, 0.3) is 0 Å². The van der Waals surface area contributed by atoms with Crippen molar-refractivity contribution in [2.45, 2.75) is 70.8 Å². The van der Waals surface area contributed by atoms with Gasteiger partial charge < -0.3 is 4.74 Å².